The molecular weight excluding hydrogens is 361 g/mol. The van der Waals surface area contributed by atoms with Crippen molar-refractivity contribution in [2.45, 2.75) is 12.7 Å². The minimum atomic E-state index is -4.62. The SMILES string of the molecule is FC(F)(F)c1nnc2ccc(NCc3ccccc3N3CCOCC3)nn12. The second-order valence-corrected chi connectivity index (χ2v) is 6.09. The third-order valence-electron chi connectivity index (χ3n) is 4.32. The van der Waals surface area contributed by atoms with E-state index in [1.54, 1.807) is 6.07 Å². The van der Waals surface area contributed by atoms with Gasteiger partial charge in [0.2, 0.25) is 0 Å². The van der Waals surface area contributed by atoms with Crippen molar-refractivity contribution in [1.29, 1.82) is 0 Å². The van der Waals surface area contributed by atoms with Gasteiger partial charge in [-0.25, -0.2) is 0 Å². The minimum absolute atomic E-state index is 0.0431. The number of anilines is 2. The van der Waals surface area contributed by atoms with Gasteiger partial charge in [0.1, 0.15) is 5.82 Å². The molecule has 1 saturated heterocycles. The summed E-state index contributed by atoms with van der Waals surface area (Å²) in [5, 5.41) is 13.8. The van der Waals surface area contributed by atoms with Gasteiger partial charge in [-0.2, -0.15) is 17.7 Å². The van der Waals surface area contributed by atoms with E-state index in [1.165, 1.54) is 6.07 Å². The Morgan fingerprint density at radius 3 is 2.59 bits per heavy atom. The second-order valence-electron chi connectivity index (χ2n) is 6.09. The molecule has 4 rings (SSSR count). The fourth-order valence-corrected chi connectivity index (χ4v) is 3.02. The number of benzene rings is 1. The van der Waals surface area contributed by atoms with Crippen molar-refractivity contribution in [3.05, 3.63) is 47.8 Å². The average molecular weight is 378 g/mol. The van der Waals surface area contributed by atoms with E-state index in [4.69, 9.17) is 4.74 Å². The maximum Gasteiger partial charge on any atom is 0.453 e. The second kappa shape index (κ2) is 7.03. The van der Waals surface area contributed by atoms with Gasteiger partial charge in [0.15, 0.2) is 5.65 Å². The van der Waals surface area contributed by atoms with Crippen LogP contribution in [0.5, 0.6) is 0 Å². The average Bonchev–Trinajstić information content (AvgIpc) is 3.11. The third-order valence-corrected chi connectivity index (χ3v) is 4.32. The first kappa shape index (κ1) is 17.5. The van der Waals surface area contributed by atoms with Crippen LogP contribution in [0.3, 0.4) is 0 Å². The molecule has 1 aliphatic rings. The number of fused-ring (bicyclic) bond motifs is 1. The number of nitrogens with one attached hydrogen (secondary N) is 1. The van der Waals surface area contributed by atoms with Gasteiger partial charge in [0.25, 0.3) is 5.82 Å². The molecule has 2 aromatic heterocycles. The van der Waals surface area contributed by atoms with Crippen LogP contribution in [0.4, 0.5) is 24.7 Å². The van der Waals surface area contributed by atoms with Gasteiger partial charge < -0.3 is 15.0 Å². The number of morpholine rings is 1. The standard InChI is InChI=1S/C17H17F3N6O/c18-17(19,20)16-23-22-15-6-5-14(24-26(15)16)21-11-12-3-1-2-4-13(12)25-7-9-27-10-8-25/h1-6H,7-11H2,(H,21,24). The lowest BCUT2D eigenvalue weighted by Gasteiger charge is -2.30. The summed E-state index contributed by atoms with van der Waals surface area (Å²) in [6.07, 6.45) is -4.62. The smallest absolute Gasteiger partial charge is 0.378 e. The summed E-state index contributed by atoms with van der Waals surface area (Å²) in [7, 11) is 0. The highest BCUT2D eigenvalue weighted by Crippen LogP contribution is 2.28. The molecule has 0 spiro atoms. The Labute approximate surface area is 152 Å². The highest BCUT2D eigenvalue weighted by molar-refractivity contribution is 5.55. The number of hydrogen-bond donors (Lipinski definition) is 1. The Hall–Kier alpha value is -2.88. The molecule has 10 heteroatoms. The number of ether oxygens (including phenoxy) is 1. The van der Waals surface area contributed by atoms with E-state index < -0.39 is 12.0 Å². The Morgan fingerprint density at radius 1 is 1.04 bits per heavy atom. The lowest BCUT2D eigenvalue weighted by Crippen LogP contribution is -2.36. The zero-order chi connectivity index (χ0) is 18.9. The van der Waals surface area contributed by atoms with Crippen LogP contribution in [0.25, 0.3) is 5.65 Å². The van der Waals surface area contributed by atoms with Crippen LogP contribution in [0, 0.1) is 0 Å². The van der Waals surface area contributed by atoms with E-state index in [0.717, 1.165) is 24.3 Å². The van der Waals surface area contributed by atoms with Crippen molar-refractivity contribution in [3.63, 3.8) is 0 Å². The molecule has 0 atom stereocenters. The molecule has 0 bridgehead atoms. The van der Waals surface area contributed by atoms with Crippen LogP contribution in [-0.2, 0) is 17.5 Å². The lowest BCUT2D eigenvalue weighted by atomic mass is 10.1. The van der Waals surface area contributed by atoms with Crippen LogP contribution >= 0.6 is 0 Å². The maximum absolute atomic E-state index is 13.0. The topological polar surface area (TPSA) is 67.6 Å². The molecule has 3 aromatic rings. The van der Waals surface area contributed by atoms with Gasteiger partial charge in [-0.15, -0.1) is 15.3 Å². The highest BCUT2D eigenvalue weighted by Gasteiger charge is 2.37. The fraction of sp³-hybridized carbons (Fsp3) is 0.353. The Morgan fingerprint density at radius 2 is 1.81 bits per heavy atom. The molecule has 0 amide bonds. The van der Waals surface area contributed by atoms with E-state index in [1.807, 2.05) is 24.3 Å². The van der Waals surface area contributed by atoms with Crippen molar-refractivity contribution in [2.24, 2.45) is 0 Å². The van der Waals surface area contributed by atoms with Gasteiger partial charge in [0, 0.05) is 25.3 Å². The number of para-hydroxylation sites is 1. The summed E-state index contributed by atoms with van der Waals surface area (Å²) in [6.45, 7) is 3.38. The highest BCUT2D eigenvalue weighted by atomic mass is 19.4. The zero-order valence-corrected chi connectivity index (χ0v) is 14.3. The third kappa shape index (κ3) is 3.65. The number of nitrogens with zero attached hydrogens (tertiary/aromatic N) is 5. The van der Waals surface area contributed by atoms with Crippen molar-refractivity contribution in [2.75, 3.05) is 36.5 Å². The molecule has 7 nitrogen and oxygen atoms in total. The Balaban J connectivity index is 1.55. The van der Waals surface area contributed by atoms with Crippen LogP contribution in [0.15, 0.2) is 36.4 Å². The number of hydrogen-bond acceptors (Lipinski definition) is 6. The molecule has 1 N–H and O–H groups in total. The van der Waals surface area contributed by atoms with Crippen molar-refractivity contribution < 1.29 is 17.9 Å². The van der Waals surface area contributed by atoms with Gasteiger partial charge in [0.05, 0.1) is 13.2 Å². The van der Waals surface area contributed by atoms with Crippen LogP contribution in [-0.4, -0.2) is 46.1 Å². The largest absolute Gasteiger partial charge is 0.453 e. The predicted molar refractivity (Wildman–Crippen MR) is 92.6 cm³/mol. The minimum Gasteiger partial charge on any atom is -0.378 e. The first-order valence-electron chi connectivity index (χ1n) is 8.46. The first-order valence-corrected chi connectivity index (χ1v) is 8.46. The van der Waals surface area contributed by atoms with Crippen LogP contribution < -0.4 is 10.2 Å². The molecule has 1 aliphatic heterocycles. The predicted octanol–water partition coefficient (Wildman–Crippen LogP) is 2.59. The quantitative estimate of drug-likeness (QED) is 0.753. The lowest BCUT2D eigenvalue weighted by molar-refractivity contribution is -0.146. The molecule has 3 heterocycles. The van der Waals surface area contributed by atoms with Crippen molar-refractivity contribution in [3.8, 4) is 0 Å². The van der Waals surface area contributed by atoms with Crippen LogP contribution in [0.2, 0.25) is 0 Å². The molecule has 0 unspecified atom stereocenters. The summed E-state index contributed by atoms with van der Waals surface area (Å²) < 4.78 is 45.1. The van der Waals surface area contributed by atoms with Gasteiger partial charge in [-0.1, -0.05) is 18.2 Å². The van der Waals surface area contributed by atoms with E-state index in [-0.39, 0.29) is 5.65 Å². The molecule has 0 aliphatic carbocycles. The Kier molecular flexibility index (Phi) is 4.56. The fourth-order valence-electron chi connectivity index (χ4n) is 3.02. The van der Waals surface area contributed by atoms with Crippen molar-refractivity contribution in [1.82, 2.24) is 19.8 Å². The molecule has 0 saturated carbocycles. The van der Waals surface area contributed by atoms with Crippen LogP contribution in [0.1, 0.15) is 11.4 Å². The van der Waals surface area contributed by atoms with E-state index >= 15 is 0 Å². The summed E-state index contributed by atoms with van der Waals surface area (Å²) in [5.74, 6) is -0.834. The van der Waals surface area contributed by atoms with Gasteiger partial charge in [-0.3, -0.25) is 0 Å². The van der Waals surface area contributed by atoms with Gasteiger partial charge >= 0.3 is 6.18 Å². The summed E-state index contributed by atoms with van der Waals surface area (Å²) in [6, 6.07) is 10.9. The Bertz CT molecular complexity index is 936. The summed E-state index contributed by atoms with van der Waals surface area (Å²) in [5.41, 5.74) is 2.15. The maximum atomic E-state index is 13.0. The molecule has 27 heavy (non-hydrogen) atoms. The number of rotatable bonds is 4. The summed E-state index contributed by atoms with van der Waals surface area (Å²) in [4.78, 5) is 2.23. The molecule has 1 aromatic carbocycles. The molecular formula is C17H17F3N6O. The van der Waals surface area contributed by atoms with Crippen molar-refractivity contribution >= 4 is 17.2 Å². The number of halogens is 3. The normalized spacial score (nSPS) is 15.3. The summed E-state index contributed by atoms with van der Waals surface area (Å²) >= 11 is 0. The van der Waals surface area contributed by atoms with E-state index in [2.05, 4.69) is 25.5 Å². The number of alkyl halides is 3. The van der Waals surface area contributed by atoms with Gasteiger partial charge in [-0.05, 0) is 23.8 Å². The molecule has 0 radical (unpaired) electrons. The van der Waals surface area contributed by atoms with E-state index in [0.29, 0.717) is 30.1 Å². The molecule has 142 valence electrons. The zero-order valence-electron chi connectivity index (χ0n) is 14.3. The first-order chi connectivity index (χ1) is 13.0. The number of aromatic nitrogens is 4. The monoisotopic (exact) mass is 378 g/mol. The molecule has 1 fully saturated rings. The van der Waals surface area contributed by atoms with E-state index in [9.17, 15) is 13.2 Å².